The maximum atomic E-state index is 13.9. The van der Waals surface area contributed by atoms with Crippen molar-refractivity contribution >= 4 is 89.8 Å². The van der Waals surface area contributed by atoms with Gasteiger partial charge in [-0.1, -0.05) is 0 Å². The predicted octanol–water partition coefficient (Wildman–Crippen LogP) is 4.35. The second-order valence-electron chi connectivity index (χ2n) is 8.98. The van der Waals surface area contributed by atoms with Crippen molar-refractivity contribution in [3.8, 4) is 5.75 Å². The van der Waals surface area contributed by atoms with Crippen LogP contribution in [0.5, 0.6) is 5.75 Å². The fraction of sp³-hybridized carbons (Fsp3) is 0.579. The van der Waals surface area contributed by atoms with E-state index in [1.54, 1.807) is 0 Å². The average Bonchev–Trinajstić information content (AvgIpc) is 2.68. The molecular formula is C19H15F2I3O8S. The standard InChI is InChI=1S/C19H15F2I3O8S/c20-19(21,33(27,28)29)16(26)32-17-4-7-1-8(5-17)18(9(2-7)6-17)30-14-12(15(25)31-18)10(22)3-11(23)13(14)24/h3,7-9H,1-2,4-6H2,(H,27,28,29). The Morgan fingerprint density at radius 1 is 1.12 bits per heavy atom. The van der Waals surface area contributed by atoms with Crippen LogP contribution in [0.3, 0.4) is 0 Å². The van der Waals surface area contributed by atoms with Gasteiger partial charge in [0, 0.05) is 19.0 Å². The summed E-state index contributed by atoms with van der Waals surface area (Å²) in [6, 6.07) is 1.85. The third-order valence-corrected chi connectivity index (χ3v) is 11.6. The highest BCUT2D eigenvalue weighted by Gasteiger charge is 2.70. The molecule has 0 radical (unpaired) electrons. The Kier molecular flexibility index (Phi) is 5.75. The zero-order chi connectivity index (χ0) is 24.1. The van der Waals surface area contributed by atoms with E-state index in [2.05, 4.69) is 45.2 Å². The van der Waals surface area contributed by atoms with Crippen LogP contribution >= 0.6 is 67.8 Å². The molecule has 4 saturated carbocycles. The van der Waals surface area contributed by atoms with Crippen molar-refractivity contribution in [1.29, 1.82) is 0 Å². The molecule has 0 saturated heterocycles. The number of ether oxygens (including phenoxy) is 3. The van der Waals surface area contributed by atoms with Crippen LogP contribution < -0.4 is 4.74 Å². The van der Waals surface area contributed by atoms with Gasteiger partial charge in [-0.2, -0.15) is 17.2 Å². The van der Waals surface area contributed by atoms with Crippen molar-refractivity contribution in [2.45, 2.75) is 48.7 Å². The number of benzene rings is 1. The molecule has 8 nitrogen and oxygen atoms in total. The van der Waals surface area contributed by atoms with E-state index in [-0.39, 0.29) is 18.8 Å². The smallest absolute Gasteiger partial charge is 0.454 e. The first-order valence-electron chi connectivity index (χ1n) is 9.87. The van der Waals surface area contributed by atoms with Gasteiger partial charge in [0.15, 0.2) is 5.75 Å². The van der Waals surface area contributed by atoms with Crippen LogP contribution in [0.1, 0.15) is 42.5 Å². The monoisotopic (exact) mass is 822 g/mol. The van der Waals surface area contributed by atoms with Gasteiger partial charge in [-0.25, -0.2) is 9.59 Å². The first-order chi connectivity index (χ1) is 15.2. The minimum atomic E-state index is -5.97. The summed E-state index contributed by atoms with van der Waals surface area (Å²) in [4.78, 5) is 25.1. The fourth-order valence-corrected chi connectivity index (χ4v) is 8.63. The summed E-state index contributed by atoms with van der Waals surface area (Å²) in [6.07, 6.45) is 1.62. The molecule has 0 amide bonds. The lowest BCUT2D eigenvalue weighted by Crippen LogP contribution is -2.69. The number of carbonyl (C=O) groups is 2. The highest BCUT2D eigenvalue weighted by Crippen LogP contribution is 2.64. The second-order valence-corrected chi connectivity index (χ2v) is 13.8. The Morgan fingerprint density at radius 2 is 1.73 bits per heavy atom. The Bertz CT molecular complexity index is 1190. The van der Waals surface area contributed by atoms with Crippen LogP contribution in [-0.2, 0) is 24.4 Å². The molecule has 14 heteroatoms. The van der Waals surface area contributed by atoms with Gasteiger partial charge in [-0.3, -0.25) is 4.55 Å². The number of rotatable bonds is 3. The molecule has 33 heavy (non-hydrogen) atoms. The SMILES string of the molecule is O=C1OC2(Oc3c(I)c(I)cc(I)c31)C1CC3CC2CC(OC(=O)C(F)(F)S(=O)(=O)O)(C3)C1. The third kappa shape index (κ3) is 3.61. The van der Waals surface area contributed by atoms with E-state index < -0.39 is 50.5 Å². The van der Waals surface area contributed by atoms with Gasteiger partial charge >= 0.3 is 27.3 Å². The predicted molar refractivity (Wildman–Crippen MR) is 132 cm³/mol. The van der Waals surface area contributed by atoms with Gasteiger partial charge in [0.1, 0.15) is 11.2 Å². The lowest BCUT2D eigenvalue weighted by molar-refractivity contribution is -0.309. The topological polar surface area (TPSA) is 116 Å². The summed E-state index contributed by atoms with van der Waals surface area (Å²) in [6.45, 7) is 0. The summed E-state index contributed by atoms with van der Waals surface area (Å²) in [5.41, 5.74) is -0.996. The Labute approximate surface area is 228 Å². The molecule has 1 N–H and O–H groups in total. The van der Waals surface area contributed by atoms with Gasteiger partial charge in [-0.15, -0.1) is 0 Å². The van der Waals surface area contributed by atoms with Crippen LogP contribution in [0.2, 0.25) is 0 Å². The van der Waals surface area contributed by atoms with Crippen molar-refractivity contribution in [3.63, 3.8) is 0 Å². The largest absolute Gasteiger partial charge is 0.465 e. The van der Waals surface area contributed by atoms with Crippen molar-refractivity contribution in [2.24, 2.45) is 17.8 Å². The maximum absolute atomic E-state index is 13.9. The molecule has 5 aliphatic rings. The highest BCUT2D eigenvalue weighted by atomic mass is 127. The molecular weight excluding hydrogens is 807 g/mol. The third-order valence-electron chi connectivity index (χ3n) is 6.99. The highest BCUT2D eigenvalue weighted by molar-refractivity contribution is 14.1. The first kappa shape index (κ1) is 24.6. The molecule has 4 bridgehead atoms. The summed E-state index contributed by atoms with van der Waals surface area (Å²) >= 11 is 6.31. The van der Waals surface area contributed by atoms with Crippen LogP contribution in [0.4, 0.5) is 8.78 Å². The van der Waals surface area contributed by atoms with Gasteiger partial charge in [-0.05, 0) is 112 Å². The van der Waals surface area contributed by atoms with Crippen molar-refractivity contribution in [1.82, 2.24) is 0 Å². The van der Waals surface area contributed by atoms with Gasteiger partial charge in [0.25, 0.3) is 5.79 Å². The second kappa shape index (κ2) is 7.71. The average molecular weight is 822 g/mol. The van der Waals surface area contributed by atoms with E-state index in [4.69, 9.17) is 18.8 Å². The van der Waals surface area contributed by atoms with E-state index >= 15 is 0 Å². The number of alkyl halides is 2. The summed E-state index contributed by atoms with van der Waals surface area (Å²) in [5, 5.41) is -5.07. The molecule has 4 fully saturated rings. The van der Waals surface area contributed by atoms with E-state index in [1.807, 2.05) is 28.7 Å². The number of fused-ring (bicyclic) bond motifs is 1. The Hall–Kier alpha value is -0.0800. The van der Waals surface area contributed by atoms with Crippen molar-refractivity contribution < 1.29 is 45.6 Å². The first-order valence-corrected chi connectivity index (χ1v) is 14.5. The van der Waals surface area contributed by atoms with E-state index in [0.29, 0.717) is 34.1 Å². The minimum absolute atomic E-state index is 0.0131. The Balaban J connectivity index is 1.49. The van der Waals surface area contributed by atoms with Crippen LogP contribution in [-0.4, -0.2) is 41.6 Å². The van der Waals surface area contributed by atoms with Crippen LogP contribution in [0.15, 0.2) is 6.07 Å². The van der Waals surface area contributed by atoms with Gasteiger partial charge in [0.2, 0.25) is 0 Å². The molecule has 180 valence electrons. The quantitative estimate of drug-likeness (QED) is 0.207. The fourth-order valence-electron chi connectivity index (χ4n) is 5.91. The van der Waals surface area contributed by atoms with Gasteiger partial charge in [0.05, 0.1) is 3.57 Å². The molecule has 4 aliphatic carbocycles. The van der Waals surface area contributed by atoms with E-state index in [9.17, 15) is 26.8 Å². The normalized spacial score (nSPS) is 34.6. The van der Waals surface area contributed by atoms with Crippen LogP contribution in [0, 0.1) is 28.5 Å². The summed E-state index contributed by atoms with van der Waals surface area (Å²) in [5.74, 6) is -4.55. The van der Waals surface area contributed by atoms with E-state index in [0.717, 1.165) is 7.14 Å². The van der Waals surface area contributed by atoms with E-state index in [1.165, 1.54) is 0 Å². The van der Waals surface area contributed by atoms with Gasteiger partial charge < -0.3 is 14.2 Å². The molecule has 2 atom stereocenters. The lowest BCUT2D eigenvalue weighted by atomic mass is 9.51. The number of halogens is 5. The molecule has 1 aromatic carbocycles. The summed E-state index contributed by atoms with van der Waals surface area (Å²) < 4.78 is 78.3. The lowest BCUT2D eigenvalue weighted by Gasteiger charge is -2.63. The minimum Gasteiger partial charge on any atom is -0.454 e. The molecule has 0 aromatic heterocycles. The molecule has 1 aromatic rings. The maximum Gasteiger partial charge on any atom is 0.465 e. The zero-order valence-electron chi connectivity index (χ0n) is 16.4. The van der Waals surface area contributed by atoms with Crippen molar-refractivity contribution in [2.75, 3.05) is 0 Å². The molecule has 1 heterocycles. The molecule has 6 rings (SSSR count). The number of hydrogen-bond acceptors (Lipinski definition) is 7. The van der Waals surface area contributed by atoms with Crippen molar-refractivity contribution in [3.05, 3.63) is 22.3 Å². The summed E-state index contributed by atoms with van der Waals surface area (Å²) in [7, 11) is -5.97. The zero-order valence-corrected chi connectivity index (χ0v) is 23.7. The van der Waals surface area contributed by atoms with Crippen LogP contribution in [0.25, 0.3) is 0 Å². The number of carbonyl (C=O) groups excluding carboxylic acids is 2. The Morgan fingerprint density at radius 3 is 2.30 bits per heavy atom. The molecule has 1 spiro atoms. The number of hydrogen-bond donors (Lipinski definition) is 1. The molecule has 2 unspecified atom stereocenters. The molecule has 1 aliphatic heterocycles. The number of esters is 2.